The molecule has 2 aliphatic rings. The summed E-state index contributed by atoms with van der Waals surface area (Å²) in [5.41, 5.74) is 14.3. The van der Waals surface area contributed by atoms with Crippen LogP contribution < -0.4 is 4.90 Å². The summed E-state index contributed by atoms with van der Waals surface area (Å²) in [7, 11) is 0. The predicted octanol–water partition coefficient (Wildman–Crippen LogP) is 14.2. The number of hydrogen-bond acceptors (Lipinski definition) is 2. The summed E-state index contributed by atoms with van der Waals surface area (Å²) in [5.74, 6) is 0. The van der Waals surface area contributed by atoms with Crippen molar-refractivity contribution in [3.05, 3.63) is 229 Å². The Balaban J connectivity index is 1.16. The average molecular weight is 731 g/mol. The lowest BCUT2D eigenvalue weighted by Gasteiger charge is -2.46. The van der Waals surface area contributed by atoms with E-state index in [1.807, 2.05) is 11.8 Å². The van der Waals surface area contributed by atoms with Gasteiger partial charge >= 0.3 is 0 Å². The van der Waals surface area contributed by atoms with E-state index in [2.05, 4.69) is 216 Å². The normalized spacial score (nSPS) is 15.1. The van der Waals surface area contributed by atoms with E-state index in [-0.39, 0.29) is 0 Å². The summed E-state index contributed by atoms with van der Waals surface area (Å²) >= 11 is 1.89. The van der Waals surface area contributed by atoms with Gasteiger partial charge in [0.15, 0.2) is 0 Å². The van der Waals surface area contributed by atoms with Crippen LogP contribution in [0.2, 0.25) is 0 Å². The summed E-state index contributed by atoms with van der Waals surface area (Å²) in [4.78, 5) is 5.03. The van der Waals surface area contributed by atoms with Crippen molar-refractivity contribution in [1.29, 1.82) is 0 Å². The van der Waals surface area contributed by atoms with E-state index in [0.29, 0.717) is 0 Å². The zero-order chi connectivity index (χ0) is 36.8. The smallest absolute Gasteiger partial charge is 0.0736 e. The Hall–Kier alpha value is -6.81. The van der Waals surface area contributed by atoms with Gasteiger partial charge in [-0.05, 0) is 111 Å². The average Bonchev–Trinajstić information content (AvgIpc) is 3.60. The zero-order valence-corrected chi connectivity index (χ0v) is 31.2. The molecule has 1 unspecified atom stereocenters. The van der Waals surface area contributed by atoms with Crippen LogP contribution in [-0.2, 0) is 5.41 Å². The molecule has 3 heteroatoms. The number of hydrogen-bond donors (Lipinski definition) is 0. The molecule has 0 saturated heterocycles. The maximum Gasteiger partial charge on any atom is 0.0736 e. The van der Waals surface area contributed by atoms with Crippen molar-refractivity contribution in [2.24, 2.45) is 0 Å². The molecule has 0 saturated carbocycles. The van der Waals surface area contributed by atoms with Gasteiger partial charge in [-0.3, -0.25) is 0 Å². The van der Waals surface area contributed by atoms with Crippen molar-refractivity contribution >= 4 is 61.4 Å². The van der Waals surface area contributed by atoms with Gasteiger partial charge in [0.05, 0.1) is 16.4 Å². The number of benzene rings is 9. The van der Waals surface area contributed by atoms with Gasteiger partial charge in [-0.15, -0.1) is 0 Å². The van der Waals surface area contributed by atoms with E-state index in [1.54, 1.807) is 0 Å². The first kappa shape index (κ1) is 31.5. The van der Waals surface area contributed by atoms with Crippen molar-refractivity contribution < 1.29 is 0 Å². The Morgan fingerprint density at radius 1 is 0.393 bits per heavy atom. The summed E-state index contributed by atoms with van der Waals surface area (Å²) in [5, 5.41) is 5.10. The molecule has 1 spiro atoms. The second kappa shape index (κ2) is 12.1. The van der Waals surface area contributed by atoms with Crippen molar-refractivity contribution in [1.82, 2.24) is 4.57 Å². The van der Waals surface area contributed by atoms with Gasteiger partial charge in [-0.25, -0.2) is 0 Å². The molecule has 0 bridgehead atoms. The third kappa shape index (κ3) is 4.35. The number of anilines is 3. The minimum Gasteiger partial charge on any atom is -0.310 e. The molecule has 2 heterocycles. The van der Waals surface area contributed by atoms with Gasteiger partial charge in [0.1, 0.15) is 0 Å². The second-order valence-electron chi connectivity index (χ2n) is 14.8. The van der Waals surface area contributed by atoms with Gasteiger partial charge in [0.25, 0.3) is 0 Å². The lowest BCUT2D eigenvalue weighted by atomic mass is 9.59. The van der Waals surface area contributed by atoms with Crippen molar-refractivity contribution in [3.8, 4) is 16.8 Å². The fourth-order valence-corrected chi connectivity index (χ4v) is 11.0. The molecule has 1 aliphatic carbocycles. The number of para-hydroxylation sites is 3. The molecule has 2 nitrogen and oxygen atoms in total. The summed E-state index contributed by atoms with van der Waals surface area (Å²) in [6.45, 7) is 0. The largest absolute Gasteiger partial charge is 0.310 e. The molecule has 0 fully saturated rings. The molecule has 262 valence electrons. The highest BCUT2D eigenvalue weighted by molar-refractivity contribution is 7.99. The SMILES string of the molecule is c1ccc(N(c2ccc3c(c2)C2(c4ccccc4S3)c3ccccc3-c3cccc4cccc2c34)c2ccc3c4ccccc4n(-c4ccccc4)c3c2)cc1. The standard InChI is InChI=1S/C53H34N2S/c1-3-17-36(18-4-1)54(39-29-31-42-41-22-8-11-27-48(41)55(49(42)34-39)37-19-5-2-6-20-37)38-30-32-51-47(33-38)53(45-25-10-12-28-50(45)56-51)44-24-9-7-21-40(44)43-23-13-15-35-16-14-26-46(53)52(35)43/h1-34H. The van der Waals surface area contributed by atoms with Crippen molar-refractivity contribution in [3.63, 3.8) is 0 Å². The first-order valence-electron chi connectivity index (χ1n) is 19.3. The number of rotatable bonds is 4. The molecule has 9 aromatic carbocycles. The lowest BCUT2D eigenvalue weighted by molar-refractivity contribution is 0.707. The van der Waals surface area contributed by atoms with Crippen LogP contribution in [-0.4, -0.2) is 4.57 Å². The molecular formula is C53H34N2S. The quantitative estimate of drug-likeness (QED) is 0.178. The first-order chi connectivity index (χ1) is 27.8. The van der Waals surface area contributed by atoms with E-state index in [0.717, 1.165) is 22.7 Å². The molecule has 10 aromatic rings. The molecule has 0 N–H and O–H groups in total. The van der Waals surface area contributed by atoms with Crippen LogP contribution >= 0.6 is 11.8 Å². The summed E-state index contributed by atoms with van der Waals surface area (Å²) < 4.78 is 2.41. The van der Waals surface area contributed by atoms with E-state index >= 15 is 0 Å². The van der Waals surface area contributed by atoms with Crippen LogP contribution in [0.3, 0.4) is 0 Å². The monoisotopic (exact) mass is 730 g/mol. The number of nitrogens with zero attached hydrogens (tertiary/aromatic N) is 2. The fraction of sp³-hybridized carbons (Fsp3) is 0.0189. The molecule has 0 radical (unpaired) electrons. The van der Waals surface area contributed by atoms with E-state index in [4.69, 9.17) is 0 Å². The molecule has 0 amide bonds. The fourth-order valence-electron chi connectivity index (χ4n) is 9.79. The third-order valence-corrected chi connectivity index (χ3v) is 13.2. The van der Waals surface area contributed by atoms with Gasteiger partial charge in [0.2, 0.25) is 0 Å². The maximum absolute atomic E-state index is 2.49. The highest BCUT2D eigenvalue weighted by atomic mass is 32.2. The third-order valence-electron chi connectivity index (χ3n) is 12.0. The summed E-state index contributed by atoms with van der Waals surface area (Å²) in [6.07, 6.45) is 0. The number of fused-ring (bicyclic) bond motifs is 11. The van der Waals surface area contributed by atoms with Crippen molar-refractivity contribution in [2.45, 2.75) is 15.2 Å². The van der Waals surface area contributed by atoms with E-state index < -0.39 is 5.41 Å². The van der Waals surface area contributed by atoms with Crippen LogP contribution in [0, 0.1) is 0 Å². The predicted molar refractivity (Wildman–Crippen MR) is 234 cm³/mol. The molecular weight excluding hydrogens is 697 g/mol. The van der Waals surface area contributed by atoms with Gasteiger partial charge in [-0.2, -0.15) is 0 Å². The number of aromatic nitrogens is 1. The first-order valence-corrected chi connectivity index (χ1v) is 20.1. The van der Waals surface area contributed by atoms with Crippen LogP contribution in [0.4, 0.5) is 17.1 Å². The van der Waals surface area contributed by atoms with E-state index in [9.17, 15) is 0 Å². The van der Waals surface area contributed by atoms with Crippen LogP contribution in [0.1, 0.15) is 22.3 Å². The summed E-state index contributed by atoms with van der Waals surface area (Å²) in [6, 6.07) is 76.4. The molecule has 1 aliphatic heterocycles. The molecule has 1 atom stereocenters. The Kier molecular flexibility index (Phi) is 6.81. The Bertz CT molecular complexity index is 3180. The van der Waals surface area contributed by atoms with Crippen molar-refractivity contribution in [2.75, 3.05) is 4.90 Å². The zero-order valence-electron chi connectivity index (χ0n) is 30.4. The highest BCUT2D eigenvalue weighted by Crippen LogP contribution is 2.62. The topological polar surface area (TPSA) is 8.17 Å². The molecule has 56 heavy (non-hydrogen) atoms. The molecule has 12 rings (SSSR count). The van der Waals surface area contributed by atoms with Crippen LogP contribution in [0.15, 0.2) is 216 Å². The lowest BCUT2D eigenvalue weighted by Crippen LogP contribution is -2.36. The Labute approximate surface area is 329 Å². The Morgan fingerprint density at radius 2 is 1.02 bits per heavy atom. The van der Waals surface area contributed by atoms with Gasteiger partial charge in [0, 0.05) is 43.3 Å². The van der Waals surface area contributed by atoms with Gasteiger partial charge in [-0.1, -0.05) is 151 Å². The van der Waals surface area contributed by atoms with Gasteiger partial charge < -0.3 is 9.47 Å². The van der Waals surface area contributed by atoms with Crippen LogP contribution in [0.5, 0.6) is 0 Å². The highest BCUT2D eigenvalue weighted by Gasteiger charge is 2.48. The minimum absolute atomic E-state index is 0.524. The second-order valence-corrected chi connectivity index (χ2v) is 15.9. The minimum atomic E-state index is -0.524. The van der Waals surface area contributed by atoms with Crippen LogP contribution in [0.25, 0.3) is 49.4 Å². The maximum atomic E-state index is 2.49. The molecule has 1 aromatic heterocycles. The van der Waals surface area contributed by atoms with E-state index in [1.165, 1.54) is 75.7 Å². The Morgan fingerprint density at radius 3 is 1.89 bits per heavy atom.